The van der Waals surface area contributed by atoms with Crippen LogP contribution in [0.5, 0.6) is 0 Å². The van der Waals surface area contributed by atoms with Gasteiger partial charge in [-0.3, -0.25) is 4.79 Å². The van der Waals surface area contributed by atoms with Crippen LogP contribution in [0.2, 0.25) is 0 Å². The van der Waals surface area contributed by atoms with E-state index < -0.39 is 5.60 Å². The largest absolute Gasteiger partial charge is 0.375 e. The summed E-state index contributed by atoms with van der Waals surface area (Å²) in [5.41, 5.74) is 2.57. The zero-order chi connectivity index (χ0) is 17.7. The van der Waals surface area contributed by atoms with Gasteiger partial charge in [0, 0.05) is 5.69 Å². The van der Waals surface area contributed by atoms with Gasteiger partial charge < -0.3 is 10.4 Å². The quantitative estimate of drug-likeness (QED) is 0.810. The molecule has 3 rings (SSSR count). The molecule has 1 atom stereocenters. The minimum atomic E-state index is -1.49. The first-order valence-corrected chi connectivity index (χ1v) is 9.35. The summed E-state index contributed by atoms with van der Waals surface area (Å²) in [5, 5.41) is 14.3. The molecular weight excluding hydrogens is 310 g/mol. The van der Waals surface area contributed by atoms with Gasteiger partial charge in [-0.05, 0) is 61.3 Å². The molecule has 0 saturated heterocycles. The number of anilines is 1. The van der Waals surface area contributed by atoms with Gasteiger partial charge in [-0.25, -0.2) is 0 Å². The van der Waals surface area contributed by atoms with Crippen LogP contribution in [-0.2, 0) is 23.2 Å². The Morgan fingerprint density at radius 1 is 1.08 bits per heavy atom. The second-order valence-corrected chi connectivity index (χ2v) is 6.93. The smallest absolute Gasteiger partial charge is 0.260 e. The number of aliphatic hydroxyl groups is 1. The number of nitrogens with one attached hydrogen (secondary N) is 1. The van der Waals surface area contributed by atoms with Crippen molar-refractivity contribution in [3.8, 4) is 0 Å². The van der Waals surface area contributed by atoms with E-state index in [0.717, 1.165) is 37.8 Å². The number of aryl methyl sites for hydroxylation is 1. The number of benzene rings is 2. The highest BCUT2D eigenvalue weighted by atomic mass is 16.3. The number of hydrogen-bond donors (Lipinski definition) is 2. The first-order chi connectivity index (χ1) is 12.1. The molecule has 1 amide bonds. The number of hydrogen-bond acceptors (Lipinski definition) is 2. The van der Waals surface area contributed by atoms with Crippen molar-refractivity contribution in [3.05, 3.63) is 65.2 Å². The molecule has 132 valence electrons. The fourth-order valence-corrected chi connectivity index (χ4v) is 3.66. The SMILES string of the molecule is CCCC[C@@](O)(C(=O)Nc1cccc2c1CCCC2)c1ccccc1. The van der Waals surface area contributed by atoms with Crippen LogP contribution in [0.4, 0.5) is 5.69 Å². The third-order valence-electron chi connectivity index (χ3n) is 5.16. The number of carbonyl (C=O) groups excluding carboxylic acids is 1. The zero-order valence-electron chi connectivity index (χ0n) is 14.9. The molecule has 0 unspecified atom stereocenters. The van der Waals surface area contributed by atoms with E-state index in [9.17, 15) is 9.90 Å². The summed E-state index contributed by atoms with van der Waals surface area (Å²) >= 11 is 0. The lowest BCUT2D eigenvalue weighted by atomic mass is 9.86. The van der Waals surface area contributed by atoms with Gasteiger partial charge in [0.25, 0.3) is 5.91 Å². The van der Waals surface area contributed by atoms with E-state index in [-0.39, 0.29) is 5.91 Å². The van der Waals surface area contributed by atoms with Gasteiger partial charge >= 0.3 is 0 Å². The summed E-state index contributed by atoms with van der Waals surface area (Å²) in [6.45, 7) is 2.07. The Kier molecular flexibility index (Phi) is 5.54. The van der Waals surface area contributed by atoms with E-state index in [2.05, 4.69) is 18.3 Å². The monoisotopic (exact) mass is 337 g/mol. The molecule has 1 aliphatic rings. The third-order valence-corrected chi connectivity index (χ3v) is 5.16. The Labute approximate surface area is 150 Å². The zero-order valence-corrected chi connectivity index (χ0v) is 14.9. The van der Waals surface area contributed by atoms with E-state index >= 15 is 0 Å². The molecule has 0 fully saturated rings. The van der Waals surface area contributed by atoms with Crippen molar-refractivity contribution in [2.24, 2.45) is 0 Å². The van der Waals surface area contributed by atoms with Crippen LogP contribution in [0.25, 0.3) is 0 Å². The molecule has 0 aromatic heterocycles. The second kappa shape index (κ2) is 7.83. The lowest BCUT2D eigenvalue weighted by Crippen LogP contribution is -2.40. The minimum absolute atomic E-state index is 0.328. The highest BCUT2D eigenvalue weighted by molar-refractivity contribution is 5.98. The summed E-state index contributed by atoms with van der Waals surface area (Å²) < 4.78 is 0. The number of amides is 1. The first-order valence-electron chi connectivity index (χ1n) is 9.35. The normalized spacial score (nSPS) is 15.9. The molecule has 0 aliphatic heterocycles. The maximum atomic E-state index is 13.1. The standard InChI is InChI=1S/C22H27NO2/c1-2-3-16-22(25,18-12-5-4-6-13-18)21(24)23-20-15-9-11-17-10-7-8-14-19(17)20/h4-6,9,11-13,15,25H,2-3,7-8,10,14,16H2,1H3,(H,23,24)/t22-/m0/s1. The molecule has 0 radical (unpaired) electrons. The van der Waals surface area contributed by atoms with Crippen molar-refractivity contribution in [1.29, 1.82) is 0 Å². The number of carbonyl (C=O) groups is 1. The van der Waals surface area contributed by atoms with Crippen LogP contribution in [-0.4, -0.2) is 11.0 Å². The Morgan fingerprint density at radius 2 is 1.84 bits per heavy atom. The molecule has 0 saturated carbocycles. The summed E-state index contributed by atoms with van der Waals surface area (Å²) in [5.74, 6) is -0.328. The molecule has 0 heterocycles. The van der Waals surface area contributed by atoms with Crippen LogP contribution >= 0.6 is 0 Å². The molecule has 0 spiro atoms. The average Bonchev–Trinajstić information content (AvgIpc) is 2.67. The molecule has 2 aromatic rings. The molecule has 1 aliphatic carbocycles. The molecule has 2 N–H and O–H groups in total. The molecular formula is C22H27NO2. The van der Waals surface area contributed by atoms with E-state index in [0.29, 0.717) is 12.0 Å². The molecule has 3 nitrogen and oxygen atoms in total. The van der Waals surface area contributed by atoms with E-state index in [1.165, 1.54) is 17.5 Å². The number of unbranched alkanes of at least 4 members (excludes halogenated alkanes) is 1. The van der Waals surface area contributed by atoms with Crippen molar-refractivity contribution in [2.75, 3.05) is 5.32 Å². The van der Waals surface area contributed by atoms with E-state index in [1.807, 2.05) is 42.5 Å². The number of fused-ring (bicyclic) bond motifs is 1. The van der Waals surface area contributed by atoms with Crippen LogP contribution in [0.1, 0.15) is 55.7 Å². The van der Waals surface area contributed by atoms with Crippen LogP contribution in [0, 0.1) is 0 Å². The maximum absolute atomic E-state index is 13.1. The molecule has 0 bridgehead atoms. The maximum Gasteiger partial charge on any atom is 0.260 e. The third kappa shape index (κ3) is 3.77. The Hall–Kier alpha value is -2.13. The van der Waals surface area contributed by atoms with Gasteiger partial charge in [0.15, 0.2) is 5.60 Å². The van der Waals surface area contributed by atoms with Crippen molar-refractivity contribution in [1.82, 2.24) is 0 Å². The van der Waals surface area contributed by atoms with Crippen LogP contribution in [0.15, 0.2) is 48.5 Å². The summed E-state index contributed by atoms with van der Waals surface area (Å²) in [7, 11) is 0. The molecule has 2 aromatic carbocycles. The fraction of sp³-hybridized carbons (Fsp3) is 0.409. The molecule has 25 heavy (non-hydrogen) atoms. The predicted molar refractivity (Wildman–Crippen MR) is 102 cm³/mol. The van der Waals surface area contributed by atoms with Crippen LogP contribution in [0.3, 0.4) is 0 Å². The summed E-state index contributed by atoms with van der Waals surface area (Å²) in [6, 6.07) is 15.4. The van der Waals surface area contributed by atoms with Crippen molar-refractivity contribution in [3.63, 3.8) is 0 Å². The van der Waals surface area contributed by atoms with Crippen molar-refractivity contribution >= 4 is 11.6 Å². The first kappa shape index (κ1) is 17.7. The van der Waals surface area contributed by atoms with Crippen molar-refractivity contribution in [2.45, 2.75) is 57.5 Å². The van der Waals surface area contributed by atoms with E-state index in [4.69, 9.17) is 0 Å². The summed E-state index contributed by atoms with van der Waals surface area (Å²) in [6.07, 6.45) is 6.57. The topological polar surface area (TPSA) is 49.3 Å². The van der Waals surface area contributed by atoms with Crippen molar-refractivity contribution < 1.29 is 9.90 Å². The number of rotatable bonds is 6. The van der Waals surface area contributed by atoms with Gasteiger partial charge in [0.2, 0.25) is 0 Å². The fourth-order valence-electron chi connectivity index (χ4n) is 3.66. The van der Waals surface area contributed by atoms with E-state index in [1.54, 1.807) is 0 Å². The lowest BCUT2D eigenvalue weighted by Gasteiger charge is -2.29. The Morgan fingerprint density at radius 3 is 2.60 bits per heavy atom. The minimum Gasteiger partial charge on any atom is -0.375 e. The lowest BCUT2D eigenvalue weighted by molar-refractivity contribution is -0.136. The highest BCUT2D eigenvalue weighted by Crippen LogP contribution is 2.32. The highest BCUT2D eigenvalue weighted by Gasteiger charge is 2.37. The Balaban J connectivity index is 1.89. The van der Waals surface area contributed by atoms with Gasteiger partial charge in [0.1, 0.15) is 0 Å². The van der Waals surface area contributed by atoms with Gasteiger partial charge in [0.05, 0.1) is 0 Å². The molecule has 3 heteroatoms. The van der Waals surface area contributed by atoms with Gasteiger partial charge in [-0.1, -0.05) is 55.8 Å². The average molecular weight is 337 g/mol. The van der Waals surface area contributed by atoms with Gasteiger partial charge in [-0.2, -0.15) is 0 Å². The predicted octanol–water partition coefficient (Wildman–Crippen LogP) is 4.58. The summed E-state index contributed by atoms with van der Waals surface area (Å²) in [4.78, 5) is 13.1. The second-order valence-electron chi connectivity index (χ2n) is 6.93. The van der Waals surface area contributed by atoms with Gasteiger partial charge in [-0.15, -0.1) is 0 Å². The Bertz CT molecular complexity index is 726. The van der Waals surface area contributed by atoms with Crippen LogP contribution < -0.4 is 5.32 Å².